The molecule has 0 N–H and O–H groups in total. The molecule has 0 aromatic rings. The first kappa shape index (κ1) is 287. The molecule has 0 aliphatic carbocycles. The van der Waals surface area contributed by atoms with E-state index in [1.807, 2.05) is 0 Å². The van der Waals surface area contributed by atoms with Crippen molar-refractivity contribution in [3.05, 3.63) is 0 Å². The number of hydrogen-bond donors (Lipinski definition) is 0. The standard InChI is InChI=1S/CH4.B.FH.H3P.H2/h1H4;;1H;1H3;1H/i;;;;1+1. The maximum absolute atomic E-state index is 0. The first-order valence-corrected chi connectivity index (χ1v) is 0. The highest BCUT2D eigenvalue weighted by Gasteiger charge is 0.0000234. The van der Waals surface area contributed by atoms with Crippen molar-refractivity contribution < 1.29 is 6.13 Å². The lowest BCUT2D eigenvalue weighted by Gasteiger charge is -0.269. The summed E-state index contributed by atoms with van der Waals surface area (Å²) in [5, 5.41) is 0. The van der Waals surface area contributed by atoms with Gasteiger partial charge in [0, 0.05) is 9.84 Å². The van der Waals surface area contributed by atoms with Crippen LogP contribution in [0.3, 0.4) is 0 Å². The van der Waals surface area contributed by atoms with Crippen molar-refractivity contribution in [2.24, 2.45) is 0 Å². The van der Waals surface area contributed by atoms with Crippen LogP contribution in [0.25, 0.3) is 0 Å². The maximum Gasteiger partial charge on any atom is 0 e. The van der Waals surface area contributed by atoms with Gasteiger partial charge in [-0.1, -0.05) is 7.43 Å². The summed E-state index contributed by atoms with van der Waals surface area (Å²) in [6, 6.07) is 0. The Morgan fingerprint density at radius 2 is 1.25 bits per heavy atom. The highest BCUT2D eigenvalue weighted by molar-refractivity contribution is 6.92. The third-order valence-electron chi connectivity index (χ3n) is 0. The predicted molar refractivity (Wildman–Crippen MR) is 28.2 cm³/mol. The summed E-state index contributed by atoms with van der Waals surface area (Å²) in [7, 11) is 0. The van der Waals surface area contributed by atoms with E-state index < -0.39 is 0 Å². The van der Waals surface area contributed by atoms with Gasteiger partial charge in [0.05, 0.1) is 0 Å². The first-order chi connectivity index (χ1) is 0. The Balaban J connectivity index is 0. The Morgan fingerprint density at radius 1 is 1.25 bits per heavy atom. The summed E-state index contributed by atoms with van der Waals surface area (Å²) >= 11 is 0. The highest BCUT2D eigenvalue weighted by Crippen LogP contribution is 0.861. The minimum Gasteiger partial charge on any atom is -0.269 e. The SMILES string of the molecule is C.F.P.[2HH].[B]. The Hall–Kier alpha value is 0.425. The molecule has 0 aliphatic heterocycles. The van der Waals surface area contributed by atoms with E-state index in [4.69, 9.17) is 0 Å². The van der Waals surface area contributed by atoms with Gasteiger partial charge in [0.2, 0.25) is 0 Å². The lowest BCUT2D eigenvalue weighted by molar-refractivity contribution is 1.11. The molecular weight excluding hydrogens is 72.8 g/mol. The molecule has 29 valence electrons. The van der Waals surface area contributed by atoms with E-state index in [1.165, 1.54) is 0 Å². The Labute approximate surface area is 33.0 Å². The second-order valence-electron chi connectivity index (χ2n) is 0. The van der Waals surface area contributed by atoms with Gasteiger partial charge in [-0.15, -0.1) is 0 Å². The second kappa shape index (κ2) is 112. The molecule has 0 amide bonds. The topological polar surface area (TPSA) is 0 Å². The van der Waals surface area contributed by atoms with Crippen molar-refractivity contribution in [2.45, 2.75) is 7.43 Å². The van der Waals surface area contributed by atoms with Gasteiger partial charge in [-0.3, -0.25) is 4.70 Å². The average Bonchev–Trinajstić information content (AvgIpc) is 0. The lowest BCUT2D eigenvalue weighted by atomic mass is 10.8. The quantitative estimate of drug-likeness (QED) is 0.299. The van der Waals surface area contributed by atoms with Gasteiger partial charge in [0.1, 0.15) is 0 Å². The van der Waals surface area contributed by atoms with Crippen molar-refractivity contribution in [3.63, 3.8) is 0 Å². The third-order valence-corrected chi connectivity index (χ3v) is 0. The van der Waals surface area contributed by atoms with E-state index in [0.717, 1.165) is 0 Å². The number of hydrogen-bond acceptors (Lipinski definition) is 0. The van der Waals surface area contributed by atoms with Crippen molar-refractivity contribution in [3.8, 4) is 0 Å². The molecule has 0 bridgehead atoms. The lowest BCUT2D eigenvalue weighted by Crippen LogP contribution is -0.381. The summed E-state index contributed by atoms with van der Waals surface area (Å²) in [5.41, 5.74) is 0. The zero-order valence-electron chi connectivity index (χ0n) is 1.69. The molecule has 0 rings (SSSR count). The van der Waals surface area contributed by atoms with Gasteiger partial charge < -0.3 is 0 Å². The Morgan fingerprint density at radius 3 is 1.25 bits per heavy atom. The summed E-state index contributed by atoms with van der Waals surface area (Å²) in [6.07, 6.45) is 0. The van der Waals surface area contributed by atoms with E-state index in [1.54, 1.807) is 0 Å². The molecule has 0 heterocycles. The molecule has 3 radical (unpaired) electrons. The molecular formula is CH10BFP. The molecule has 0 saturated carbocycles. The maximum atomic E-state index is 0. The van der Waals surface area contributed by atoms with Gasteiger partial charge in [-0.05, 0) is 0 Å². The summed E-state index contributed by atoms with van der Waals surface area (Å²) in [4.78, 5) is 0. The monoisotopic (exact) mass is 84.1 g/mol. The summed E-state index contributed by atoms with van der Waals surface area (Å²) < 4.78 is 0. The largest absolute Gasteiger partial charge is 0.269 e. The van der Waals surface area contributed by atoms with E-state index in [2.05, 4.69) is 0 Å². The number of halogens is 1. The molecule has 0 saturated heterocycles. The normalized spacial score (nSPS) is 0. The molecule has 3 heteroatoms. The first-order valence-electron chi connectivity index (χ1n) is 0. The van der Waals surface area contributed by atoms with Crippen LogP contribution >= 0.6 is 9.90 Å². The van der Waals surface area contributed by atoms with Crippen molar-refractivity contribution in [1.29, 1.82) is 0 Å². The van der Waals surface area contributed by atoms with E-state index in [0.29, 0.717) is 0 Å². The van der Waals surface area contributed by atoms with Crippen molar-refractivity contribution in [1.82, 2.24) is 0 Å². The van der Waals surface area contributed by atoms with Crippen LogP contribution in [0.1, 0.15) is 8.85 Å². The van der Waals surface area contributed by atoms with E-state index in [-0.39, 0.29) is 31.9 Å². The second-order valence-corrected chi connectivity index (χ2v) is 0. The Bertz CT molecular complexity index is 11.6. The van der Waals surface area contributed by atoms with Crippen LogP contribution in [-0.4, -0.2) is 8.41 Å². The van der Waals surface area contributed by atoms with E-state index >= 15 is 0 Å². The zero-order valence-corrected chi connectivity index (χ0v) is 3.11. The van der Waals surface area contributed by atoms with Gasteiger partial charge >= 0.3 is 0 Å². The van der Waals surface area contributed by atoms with Crippen molar-refractivity contribution >= 4 is 18.3 Å². The molecule has 0 spiro atoms. The fourth-order valence-electron chi connectivity index (χ4n) is 0. The zero-order chi connectivity index (χ0) is 0. The molecule has 1 atom stereocenters. The van der Waals surface area contributed by atoms with Crippen LogP contribution in [0.5, 0.6) is 0 Å². The van der Waals surface area contributed by atoms with E-state index in [9.17, 15) is 0 Å². The van der Waals surface area contributed by atoms with Crippen LogP contribution in [0.15, 0.2) is 0 Å². The molecule has 1 unspecified atom stereocenters. The van der Waals surface area contributed by atoms with Crippen LogP contribution in [-0.2, 0) is 0 Å². The van der Waals surface area contributed by atoms with Crippen LogP contribution < -0.4 is 0 Å². The van der Waals surface area contributed by atoms with Gasteiger partial charge in [-0.2, -0.15) is 9.90 Å². The van der Waals surface area contributed by atoms with Gasteiger partial charge in [-0.25, -0.2) is 0 Å². The third kappa shape index (κ3) is 27.3. The van der Waals surface area contributed by atoms with Crippen LogP contribution in [0.4, 0.5) is 4.70 Å². The van der Waals surface area contributed by atoms with Crippen molar-refractivity contribution in [2.75, 3.05) is 0 Å². The molecule has 0 aliphatic rings. The van der Waals surface area contributed by atoms with Crippen LogP contribution in [0.2, 0.25) is 0 Å². The minimum atomic E-state index is 0. The van der Waals surface area contributed by atoms with Gasteiger partial charge in [0.15, 0.2) is 0 Å². The predicted octanol–water partition coefficient (Wildman–Crippen LogP) is 0.712. The van der Waals surface area contributed by atoms with Gasteiger partial charge in [0.25, 0.3) is 0 Å². The average molecular weight is 83.9 g/mol. The minimum absolute atomic E-state index is 0. The number of rotatable bonds is 0. The molecule has 0 aromatic carbocycles. The fourth-order valence-corrected chi connectivity index (χ4v) is 0. The Kier molecular flexibility index (Phi) is 8020. The highest BCUT2D eigenvalue weighted by atomic mass is 31.0. The summed E-state index contributed by atoms with van der Waals surface area (Å²) in [6.45, 7) is 0. The molecule has 0 aromatic heterocycles. The molecule has 4 heavy (non-hydrogen) atoms. The smallest absolute Gasteiger partial charge is 0 e. The summed E-state index contributed by atoms with van der Waals surface area (Å²) in [5.74, 6) is 0. The fraction of sp³-hybridized carbons (Fsp3) is 1.00. The molecule has 0 nitrogen and oxygen atoms in total. The molecule has 0 fully saturated rings. The van der Waals surface area contributed by atoms with Crippen LogP contribution in [0, 0.1) is 0 Å².